The van der Waals surface area contributed by atoms with Crippen molar-refractivity contribution in [2.75, 3.05) is 26.2 Å². The largest absolute Gasteiger partial charge is 0.496 e. The first kappa shape index (κ1) is 27.1. The van der Waals surface area contributed by atoms with E-state index in [1.807, 2.05) is 13.8 Å². The van der Waals surface area contributed by atoms with E-state index in [0.717, 1.165) is 22.1 Å². The fraction of sp³-hybridized carbons (Fsp3) is 0.333. The summed E-state index contributed by atoms with van der Waals surface area (Å²) in [6.07, 6.45) is 2.98. The first-order valence-corrected chi connectivity index (χ1v) is 12.7. The van der Waals surface area contributed by atoms with E-state index in [1.54, 1.807) is 18.9 Å². The van der Waals surface area contributed by atoms with E-state index in [4.69, 9.17) is 17.0 Å². The van der Waals surface area contributed by atoms with Gasteiger partial charge in [-0.25, -0.2) is 9.18 Å². The number of rotatable bonds is 7. The van der Waals surface area contributed by atoms with Gasteiger partial charge in [0.2, 0.25) is 0 Å². The molecule has 0 saturated heterocycles. The van der Waals surface area contributed by atoms with E-state index in [-0.39, 0.29) is 32.7 Å². The molecule has 0 amide bonds. The van der Waals surface area contributed by atoms with Gasteiger partial charge in [-0.05, 0) is 51.2 Å². The maximum Gasteiger partial charge on any atom is 0.352 e. The summed E-state index contributed by atoms with van der Waals surface area (Å²) in [7, 11) is 4.62. The molecule has 0 bridgehead atoms. The van der Waals surface area contributed by atoms with Crippen molar-refractivity contribution in [3.8, 4) is 10.8 Å². The summed E-state index contributed by atoms with van der Waals surface area (Å²) in [6, 6.07) is 3.56. The van der Waals surface area contributed by atoms with E-state index in [2.05, 4.69) is 10.2 Å². The van der Waals surface area contributed by atoms with E-state index in [9.17, 15) is 18.8 Å². The van der Waals surface area contributed by atoms with E-state index >= 15 is 0 Å². The first-order chi connectivity index (χ1) is 18.0. The number of thiophene rings is 1. The number of benzene rings is 1. The van der Waals surface area contributed by atoms with Crippen molar-refractivity contribution < 1.29 is 13.9 Å². The molecule has 0 N–H and O–H groups in total. The highest BCUT2D eigenvalue weighted by molar-refractivity contribution is 7.80. The summed E-state index contributed by atoms with van der Waals surface area (Å²) < 4.78 is 21.3. The molecule has 4 rings (SSSR count). The highest BCUT2D eigenvalue weighted by Gasteiger charge is 2.27. The van der Waals surface area contributed by atoms with Gasteiger partial charge in [0.05, 0.1) is 37.0 Å². The van der Waals surface area contributed by atoms with Gasteiger partial charge in [0.25, 0.3) is 5.56 Å². The number of ketones is 1. The predicted molar refractivity (Wildman–Crippen MR) is 147 cm³/mol. The Balaban J connectivity index is 1.98. The Morgan fingerprint density at radius 3 is 2.47 bits per heavy atom. The van der Waals surface area contributed by atoms with E-state index in [1.165, 1.54) is 53.1 Å². The smallest absolute Gasteiger partial charge is 0.352 e. The van der Waals surface area contributed by atoms with Crippen LogP contribution in [0.3, 0.4) is 0 Å². The topological polar surface area (TPSA) is 107 Å². The lowest BCUT2D eigenvalue weighted by Crippen LogP contribution is -2.57. The summed E-state index contributed by atoms with van der Waals surface area (Å²) >= 11 is 6.65. The van der Waals surface area contributed by atoms with Crippen molar-refractivity contribution >= 4 is 44.7 Å². The number of aryl methyl sites for hydroxylation is 1. The number of nitrogens with zero attached hydrogens (tertiary/aromatic N) is 7. The zero-order chi connectivity index (χ0) is 27.9. The third-order valence-electron chi connectivity index (χ3n) is 6.18. The van der Waals surface area contributed by atoms with Crippen LogP contribution in [-0.2, 0) is 6.54 Å². The number of carbonyl (C=O) groups excluding carboxylic acids is 1. The van der Waals surface area contributed by atoms with E-state index in [0.29, 0.717) is 10.6 Å². The third-order valence-corrected chi connectivity index (χ3v) is 8.02. The second-order valence-corrected chi connectivity index (χ2v) is 10.1. The highest BCUT2D eigenvalue weighted by Crippen LogP contribution is 2.30. The normalized spacial score (nSPS) is 11.3. The van der Waals surface area contributed by atoms with Gasteiger partial charge in [0, 0.05) is 25.7 Å². The minimum atomic E-state index is -0.783. The Morgan fingerprint density at radius 2 is 1.87 bits per heavy atom. The molecule has 4 aromatic rings. The van der Waals surface area contributed by atoms with Gasteiger partial charge in [-0.1, -0.05) is 11.3 Å². The number of halogens is 1. The number of thiocarbonyl (C=S) groups is 1. The summed E-state index contributed by atoms with van der Waals surface area (Å²) in [5.41, 5.74) is -0.891. The van der Waals surface area contributed by atoms with Gasteiger partial charge in [0.15, 0.2) is 10.9 Å². The summed E-state index contributed by atoms with van der Waals surface area (Å²) in [5.74, 6) is -1.05. The molecule has 0 spiro atoms. The molecule has 14 heteroatoms. The third kappa shape index (κ3) is 4.60. The average molecular weight is 560 g/mol. The molecule has 0 aliphatic heterocycles. The Kier molecular flexibility index (Phi) is 7.47. The number of hydrogen-bond acceptors (Lipinski definition) is 8. The second kappa shape index (κ2) is 10.5. The first-order valence-electron chi connectivity index (χ1n) is 11.5. The monoisotopic (exact) mass is 559 g/mol. The number of methoxy groups -OCH3 is 1. The Labute approximate surface area is 226 Å². The lowest BCUT2D eigenvalue weighted by atomic mass is 10.1. The fourth-order valence-electron chi connectivity index (χ4n) is 3.90. The summed E-state index contributed by atoms with van der Waals surface area (Å²) in [6.45, 7) is 5.07. The van der Waals surface area contributed by atoms with Crippen molar-refractivity contribution in [1.82, 2.24) is 29.1 Å². The number of fused-ring (bicyclic) bond motifs is 1. The SMILES string of the molecule is COc1ccc(F)cc1C(=O)Cn1c(=O)n(N(C)C(=S)N(C)C(C)C)c(=O)c2c(C)c(-n3nccn3)sc21. The molecular formula is C24H26FN7O4S2. The van der Waals surface area contributed by atoms with Gasteiger partial charge < -0.3 is 9.64 Å². The Hall–Kier alpha value is -3.91. The highest BCUT2D eigenvalue weighted by atomic mass is 32.1. The van der Waals surface area contributed by atoms with Crippen LogP contribution >= 0.6 is 23.6 Å². The van der Waals surface area contributed by atoms with Crippen LogP contribution in [-0.4, -0.2) is 67.3 Å². The molecule has 0 aliphatic rings. The van der Waals surface area contributed by atoms with Gasteiger partial charge >= 0.3 is 5.69 Å². The quantitative estimate of drug-likeness (QED) is 0.249. The van der Waals surface area contributed by atoms with Crippen LogP contribution in [0.2, 0.25) is 0 Å². The summed E-state index contributed by atoms with van der Waals surface area (Å²) in [5, 5.41) is 10.5. The van der Waals surface area contributed by atoms with Crippen molar-refractivity contribution in [1.29, 1.82) is 0 Å². The molecular weight excluding hydrogens is 533 g/mol. The lowest BCUT2D eigenvalue weighted by Gasteiger charge is -2.31. The van der Waals surface area contributed by atoms with Crippen LogP contribution in [0.5, 0.6) is 5.75 Å². The number of Topliss-reactive ketones (excluding diaryl/α,β-unsaturated/α-hetero) is 1. The minimum Gasteiger partial charge on any atom is -0.496 e. The number of carbonyl (C=O) groups is 1. The van der Waals surface area contributed by atoms with Crippen LogP contribution in [0.1, 0.15) is 29.8 Å². The molecule has 11 nitrogen and oxygen atoms in total. The van der Waals surface area contributed by atoms with Crippen LogP contribution in [0, 0.1) is 12.7 Å². The van der Waals surface area contributed by atoms with Crippen LogP contribution in [0.25, 0.3) is 15.2 Å². The number of ether oxygens (including phenoxy) is 1. The van der Waals surface area contributed by atoms with Crippen molar-refractivity contribution in [2.24, 2.45) is 0 Å². The van der Waals surface area contributed by atoms with Crippen molar-refractivity contribution in [3.63, 3.8) is 0 Å². The molecule has 0 fully saturated rings. The maximum absolute atomic E-state index is 14.0. The molecule has 0 radical (unpaired) electrons. The maximum atomic E-state index is 14.0. The molecule has 200 valence electrons. The predicted octanol–water partition coefficient (Wildman–Crippen LogP) is 2.34. The summed E-state index contributed by atoms with van der Waals surface area (Å²) in [4.78, 5) is 44.4. The zero-order valence-electron chi connectivity index (χ0n) is 21.6. The second-order valence-electron chi connectivity index (χ2n) is 8.80. The van der Waals surface area contributed by atoms with Gasteiger partial charge in [0.1, 0.15) is 21.4 Å². The Bertz CT molecular complexity index is 1660. The number of aromatic nitrogens is 5. The van der Waals surface area contributed by atoms with Gasteiger partial charge in [-0.3, -0.25) is 19.2 Å². The molecule has 3 heterocycles. The van der Waals surface area contributed by atoms with Crippen LogP contribution < -0.4 is 21.0 Å². The minimum absolute atomic E-state index is 0.00555. The van der Waals surface area contributed by atoms with Crippen molar-refractivity contribution in [2.45, 2.75) is 33.4 Å². The zero-order valence-corrected chi connectivity index (χ0v) is 23.3. The standard InChI is InChI=1S/C24H26FN7O4S2/c1-13(2)28(4)24(37)29(5)31-20(34)19-14(3)21(32-26-9-10-27-32)38-22(19)30(23(31)35)12-17(33)16-11-15(25)7-8-18(16)36-6/h7-11,13H,12H2,1-6H3. The molecule has 38 heavy (non-hydrogen) atoms. The molecule has 0 atom stereocenters. The fourth-order valence-corrected chi connectivity index (χ4v) is 5.40. The molecule has 0 aliphatic carbocycles. The molecule has 0 saturated carbocycles. The molecule has 1 aromatic carbocycles. The number of hydrogen-bond donors (Lipinski definition) is 0. The lowest BCUT2D eigenvalue weighted by molar-refractivity contribution is 0.0968. The van der Waals surface area contributed by atoms with Gasteiger partial charge in [-0.2, -0.15) is 14.9 Å². The van der Waals surface area contributed by atoms with Crippen molar-refractivity contribution in [3.05, 3.63) is 68.4 Å². The van der Waals surface area contributed by atoms with Crippen LogP contribution in [0.4, 0.5) is 4.39 Å². The Morgan fingerprint density at radius 1 is 1.21 bits per heavy atom. The van der Waals surface area contributed by atoms with E-state index < -0.39 is 29.4 Å². The van der Waals surface area contributed by atoms with Gasteiger partial charge in [-0.15, -0.1) is 4.80 Å². The van der Waals surface area contributed by atoms with Crippen LogP contribution in [0.15, 0.2) is 40.2 Å². The average Bonchev–Trinajstić information content (AvgIpc) is 3.53. The molecule has 0 unspecified atom stereocenters. The molecule has 3 aromatic heterocycles.